The quantitative estimate of drug-likeness (QED) is 0.643. The number of rotatable bonds is 3. The molecule has 0 saturated carbocycles. The Bertz CT molecular complexity index is 467. The van der Waals surface area contributed by atoms with Gasteiger partial charge < -0.3 is 4.74 Å². The minimum absolute atomic E-state index is 0.0854. The van der Waals surface area contributed by atoms with Gasteiger partial charge in [0.25, 0.3) is 0 Å². The highest BCUT2D eigenvalue weighted by atomic mass is 79.9. The Morgan fingerprint density at radius 1 is 1.55 bits per heavy atom. The van der Waals surface area contributed by atoms with Crippen molar-refractivity contribution in [3.63, 3.8) is 0 Å². The van der Waals surface area contributed by atoms with Gasteiger partial charge in [0.05, 0.1) is 11.6 Å². The summed E-state index contributed by atoms with van der Waals surface area (Å²) in [5.41, 5.74) is 4.23. The lowest BCUT2D eigenvalue weighted by molar-refractivity contribution is -0.0854. The van der Waals surface area contributed by atoms with Crippen molar-refractivity contribution in [3.05, 3.63) is 28.5 Å². The molecule has 0 radical (unpaired) electrons. The first kappa shape index (κ1) is 14.8. The van der Waals surface area contributed by atoms with Crippen molar-refractivity contribution in [3.8, 4) is 0 Å². The Kier molecular flexibility index (Phi) is 4.67. The Balaban J connectivity index is 1.78. The zero-order valence-electron chi connectivity index (χ0n) is 11.3. The highest BCUT2D eigenvalue weighted by Gasteiger charge is 2.42. The molecule has 2 aliphatic rings. The van der Waals surface area contributed by atoms with Crippen molar-refractivity contribution in [2.45, 2.75) is 30.9 Å². The molecule has 0 amide bonds. The van der Waals surface area contributed by atoms with Crippen LogP contribution in [0.25, 0.3) is 0 Å². The summed E-state index contributed by atoms with van der Waals surface area (Å²) in [6.45, 7) is 0.838. The van der Waals surface area contributed by atoms with Crippen LogP contribution in [-0.2, 0) is 4.74 Å². The van der Waals surface area contributed by atoms with Gasteiger partial charge in [0.2, 0.25) is 0 Å². The Hall–Kier alpha value is -0.140. The van der Waals surface area contributed by atoms with Crippen LogP contribution in [-0.4, -0.2) is 28.7 Å². The number of nitrogens with zero attached hydrogens (tertiary/aromatic N) is 1. The fraction of sp³-hybridized carbons (Fsp3) is 0.643. The van der Waals surface area contributed by atoms with Crippen molar-refractivity contribution in [2.75, 3.05) is 18.1 Å². The molecule has 3 rings (SSSR count). The van der Waals surface area contributed by atoms with Crippen LogP contribution in [0.3, 0.4) is 0 Å². The number of nitrogens with two attached hydrogens (primary N) is 1. The van der Waals surface area contributed by atoms with E-state index in [4.69, 9.17) is 10.6 Å². The molecule has 0 aromatic carbocycles. The monoisotopic (exact) mass is 357 g/mol. The molecule has 3 N–H and O–H groups in total. The second-order valence-corrected chi connectivity index (χ2v) is 7.69. The molecule has 0 bridgehead atoms. The van der Waals surface area contributed by atoms with Gasteiger partial charge in [-0.2, -0.15) is 11.8 Å². The van der Waals surface area contributed by atoms with E-state index in [0.717, 1.165) is 35.2 Å². The molecule has 1 aromatic rings. The normalized spacial score (nSPS) is 31.6. The first-order valence-corrected chi connectivity index (χ1v) is 8.95. The van der Waals surface area contributed by atoms with Gasteiger partial charge in [0.15, 0.2) is 0 Å². The number of hydrazine groups is 1. The Morgan fingerprint density at radius 3 is 3.15 bits per heavy atom. The second kappa shape index (κ2) is 6.32. The molecule has 4 nitrogen and oxygen atoms in total. The number of pyridine rings is 1. The predicted molar refractivity (Wildman–Crippen MR) is 85.4 cm³/mol. The van der Waals surface area contributed by atoms with Crippen LogP contribution in [0.1, 0.15) is 30.9 Å². The van der Waals surface area contributed by atoms with Crippen LogP contribution in [0.2, 0.25) is 0 Å². The topological polar surface area (TPSA) is 60.2 Å². The number of ether oxygens (including phenoxy) is 1. The lowest BCUT2D eigenvalue weighted by atomic mass is 9.79. The maximum atomic E-state index is 6.10. The predicted octanol–water partition coefficient (Wildman–Crippen LogP) is 2.65. The first-order valence-electron chi connectivity index (χ1n) is 7.01. The summed E-state index contributed by atoms with van der Waals surface area (Å²) < 4.78 is 7.09. The van der Waals surface area contributed by atoms with Crippen molar-refractivity contribution in [1.82, 2.24) is 10.4 Å². The van der Waals surface area contributed by atoms with Crippen LogP contribution >= 0.6 is 27.7 Å². The van der Waals surface area contributed by atoms with Gasteiger partial charge in [-0.25, -0.2) is 0 Å². The van der Waals surface area contributed by atoms with E-state index in [-0.39, 0.29) is 11.6 Å². The minimum atomic E-state index is 0.0854. The van der Waals surface area contributed by atoms with Gasteiger partial charge in [-0.15, -0.1) is 0 Å². The van der Waals surface area contributed by atoms with E-state index >= 15 is 0 Å². The third-order valence-corrected chi connectivity index (χ3v) is 5.99. The lowest BCUT2D eigenvalue weighted by Gasteiger charge is -2.40. The molecule has 6 heteroatoms. The molecule has 20 heavy (non-hydrogen) atoms. The highest BCUT2D eigenvalue weighted by molar-refractivity contribution is 9.10. The lowest BCUT2D eigenvalue weighted by Crippen LogP contribution is -2.45. The Morgan fingerprint density at radius 2 is 2.45 bits per heavy atom. The van der Waals surface area contributed by atoms with Gasteiger partial charge in [-0.1, -0.05) is 0 Å². The summed E-state index contributed by atoms with van der Waals surface area (Å²) in [6.07, 6.45) is 7.01. The SMILES string of the molecule is NNC(c1cncc(Br)c1)C1CCOC2(CCSC2)C1. The average Bonchev–Trinajstić information content (AvgIpc) is 2.88. The molecule has 1 spiro atoms. The zero-order valence-corrected chi connectivity index (χ0v) is 13.8. The number of hydrogen-bond acceptors (Lipinski definition) is 5. The van der Waals surface area contributed by atoms with Crippen LogP contribution in [0, 0.1) is 5.92 Å². The van der Waals surface area contributed by atoms with E-state index in [1.54, 1.807) is 6.20 Å². The molecule has 2 fully saturated rings. The maximum absolute atomic E-state index is 6.10. The van der Waals surface area contributed by atoms with E-state index in [2.05, 4.69) is 32.4 Å². The summed E-state index contributed by atoms with van der Waals surface area (Å²) >= 11 is 5.49. The first-order chi connectivity index (χ1) is 9.72. The third-order valence-electron chi connectivity index (χ3n) is 4.33. The maximum Gasteiger partial charge on any atom is 0.0783 e. The fourth-order valence-electron chi connectivity index (χ4n) is 3.32. The minimum Gasteiger partial charge on any atom is -0.374 e. The highest BCUT2D eigenvalue weighted by Crippen LogP contribution is 2.43. The number of halogens is 1. The molecule has 2 saturated heterocycles. The fourth-order valence-corrected chi connectivity index (χ4v) is 5.08. The van der Waals surface area contributed by atoms with E-state index < -0.39 is 0 Å². The van der Waals surface area contributed by atoms with Crippen molar-refractivity contribution in [1.29, 1.82) is 0 Å². The molecule has 110 valence electrons. The molecule has 3 unspecified atom stereocenters. The summed E-state index contributed by atoms with van der Waals surface area (Å²) in [6, 6.07) is 2.25. The van der Waals surface area contributed by atoms with Crippen molar-refractivity contribution < 1.29 is 4.74 Å². The average molecular weight is 358 g/mol. The number of hydrogen-bond donors (Lipinski definition) is 2. The summed E-state index contributed by atoms with van der Waals surface area (Å²) in [7, 11) is 0. The van der Waals surface area contributed by atoms with E-state index in [1.165, 1.54) is 12.2 Å². The standard InChI is InChI=1S/C14H20BrN3OS/c15-12-5-11(7-17-8-12)13(18-16)10-1-3-19-14(6-10)2-4-20-9-14/h5,7-8,10,13,18H,1-4,6,9,16H2. The van der Waals surface area contributed by atoms with E-state index in [9.17, 15) is 0 Å². The van der Waals surface area contributed by atoms with Crippen LogP contribution in [0.5, 0.6) is 0 Å². The van der Waals surface area contributed by atoms with Gasteiger partial charge in [0, 0.05) is 29.2 Å². The largest absolute Gasteiger partial charge is 0.374 e. The van der Waals surface area contributed by atoms with Crippen LogP contribution in [0.15, 0.2) is 22.9 Å². The van der Waals surface area contributed by atoms with Crippen LogP contribution in [0.4, 0.5) is 0 Å². The van der Waals surface area contributed by atoms with Gasteiger partial charge in [-0.3, -0.25) is 16.3 Å². The molecule has 0 aliphatic carbocycles. The Labute approximate surface area is 132 Å². The summed E-state index contributed by atoms with van der Waals surface area (Å²) in [5, 5.41) is 0. The summed E-state index contributed by atoms with van der Waals surface area (Å²) in [5.74, 6) is 8.67. The van der Waals surface area contributed by atoms with Crippen LogP contribution < -0.4 is 11.3 Å². The van der Waals surface area contributed by atoms with Gasteiger partial charge >= 0.3 is 0 Å². The molecule has 2 aliphatic heterocycles. The van der Waals surface area contributed by atoms with Gasteiger partial charge in [0.1, 0.15) is 0 Å². The molecular weight excluding hydrogens is 338 g/mol. The molecule has 1 aromatic heterocycles. The summed E-state index contributed by atoms with van der Waals surface area (Å²) in [4.78, 5) is 4.26. The zero-order chi connectivity index (χ0) is 14.0. The number of thioether (sulfide) groups is 1. The smallest absolute Gasteiger partial charge is 0.0783 e. The van der Waals surface area contributed by atoms with E-state index in [0.29, 0.717) is 5.92 Å². The third kappa shape index (κ3) is 3.04. The molecule has 3 atom stereocenters. The van der Waals surface area contributed by atoms with Gasteiger partial charge in [-0.05, 0) is 58.5 Å². The van der Waals surface area contributed by atoms with Crippen molar-refractivity contribution in [2.24, 2.45) is 11.8 Å². The molecular formula is C14H20BrN3OS. The molecule has 3 heterocycles. The van der Waals surface area contributed by atoms with E-state index in [1.807, 2.05) is 18.0 Å². The second-order valence-electron chi connectivity index (χ2n) is 5.67. The number of nitrogens with one attached hydrogen (secondary N) is 1. The van der Waals surface area contributed by atoms with Crippen molar-refractivity contribution >= 4 is 27.7 Å². The number of aromatic nitrogens is 1.